The predicted octanol–water partition coefficient (Wildman–Crippen LogP) is 2.38. The molecule has 0 aliphatic carbocycles. The molecular weight excluding hydrogens is 281 g/mol. The molecule has 2 atom stereocenters. The SMILES string of the molecule is CC(C)[C@H]1CN(CCc2ccccn2)C[C@@H]1N.Cl.Cl. The number of rotatable bonds is 4. The molecule has 5 heteroatoms. The Morgan fingerprint density at radius 2 is 2.05 bits per heavy atom. The van der Waals surface area contributed by atoms with E-state index in [4.69, 9.17) is 5.73 Å². The van der Waals surface area contributed by atoms with Crippen molar-refractivity contribution in [1.29, 1.82) is 0 Å². The molecule has 1 aliphatic heterocycles. The summed E-state index contributed by atoms with van der Waals surface area (Å²) in [7, 11) is 0. The third-order valence-corrected chi connectivity index (χ3v) is 3.75. The number of nitrogens with two attached hydrogens (primary N) is 1. The van der Waals surface area contributed by atoms with Gasteiger partial charge in [-0.25, -0.2) is 0 Å². The van der Waals surface area contributed by atoms with Crippen molar-refractivity contribution in [2.45, 2.75) is 26.3 Å². The fourth-order valence-corrected chi connectivity index (χ4v) is 2.65. The molecule has 0 saturated carbocycles. The summed E-state index contributed by atoms with van der Waals surface area (Å²) in [6, 6.07) is 6.45. The van der Waals surface area contributed by atoms with Crippen molar-refractivity contribution in [1.82, 2.24) is 9.88 Å². The van der Waals surface area contributed by atoms with Crippen LogP contribution < -0.4 is 5.73 Å². The average Bonchev–Trinajstić information content (AvgIpc) is 2.69. The molecule has 1 fully saturated rings. The van der Waals surface area contributed by atoms with Crippen molar-refractivity contribution in [2.24, 2.45) is 17.6 Å². The Labute approximate surface area is 128 Å². The van der Waals surface area contributed by atoms with Crippen LogP contribution in [-0.2, 0) is 6.42 Å². The lowest BCUT2D eigenvalue weighted by molar-refractivity contribution is 0.305. The summed E-state index contributed by atoms with van der Waals surface area (Å²) in [4.78, 5) is 6.83. The number of likely N-dealkylation sites (tertiary alicyclic amines) is 1. The summed E-state index contributed by atoms with van der Waals surface area (Å²) in [6.07, 6.45) is 2.89. The van der Waals surface area contributed by atoms with Crippen molar-refractivity contribution < 1.29 is 0 Å². The normalized spacial score (nSPS) is 22.9. The van der Waals surface area contributed by atoms with Gasteiger partial charge in [-0.1, -0.05) is 19.9 Å². The molecule has 0 radical (unpaired) electrons. The standard InChI is InChI=1S/C14H23N3.2ClH/c1-11(2)13-9-17(10-14(13)15)8-6-12-5-3-4-7-16-12;;/h3-5,7,11,13-14H,6,8-10,15H2,1-2H3;2*1H/t13-,14+;;/m1../s1. The molecule has 2 heterocycles. The van der Waals surface area contributed by atoms with Crippen LogP contribution in [0.5, 0.6) is 0 Å². The highest BCUT2D eigenvalue weighted by Crippen LogP contribution is 2.22. The van der Waals surface area contributed by atoms with Gasteiger partial charge in [0.1, 0.15) is 0 Å². The molecule has 1 aliphatic rings. The lowest BCUT2D eigenvalue weighted by atomic mass is 9.92. The number of pyridine rings is 1. The monoisotopic (exact) mass is 305 g/mol. The van der Waals surface area contributed by atoms with Gasteiger partial charge in [0.05, 0.1) is 0 Å². The molecule has 110 valence electrons. The number of hydrogen-bond acceptors (Lipinski definition) is 3. The lowest BCUT2D eigenvalue weighted by Crippen LogP contribution is -2.32. The van der Waals surface area contributed by atoms with Gasteiger partial charge in [0.25, 0.3) is 0 Å². The van der Waals surface area contributed by atoms with Crippen LogP contribution in [-0.4, -0.2) is 35.6 Å². The van der Waals surface area contributed by atoms with E-state index in [9.17, 15) is 0 Å². The molecule has 1 aromatic rings. The molecule has 2 N–H and O–H groups in total. The Hall–Kier alpha value is -0.350. The molecule has 3 nitrogen and oxygen atoms in total. The van der Waals surface area contributed by atoms with Crippen molar-refractivity contribution >= 4 is 24.8 Å². The van der Waals surface area contributed by atoms with Gasteiger partial charge in [0.2, 0.25) is 0 Å². The van der Waals surface area contributed by atoms with Gasteiger partial charge < -0.3 is 10.6 Å². The van der Waals surface area contributed by atoms with Crippen LogP contribution in [0.1, 0.15) is 19.5 Å². The van der Waals surface area contributed by atoms with Gasteiger partial charge in [-0.2, -0.15) is 0 Å². The third kappa shape index (κ3) is 5.27. The van der Waals surface area contributed by atoms with Crippen LogP contribution in [0.15, 0.2) is 24.4 Å². The first kappa shape index (κ1) is 18.7. The second kappa shape index (κ2) is 8.75. The van der Waals surface area contributed by atoms with Gasteiger partial charge in [-0.15, -0.1) is 24.8 Å². The summed E-state index contributed by atoms with van der Waals surface area (Å²) in [5.41, 5.74) is 7.36. The molecule has 1 saturated heterocycles. The van der Waals surface area contributed by atoms with E-state index < -0.39 is 0 Å². The largest absolute Gasteiger partial charge is 0.326 e. The summed E-state index contributed by atoms with van der Waals surface area (Å²) < 4.78 is 0. The maximum absolute atomic E-state index is 6.18. The van der Waals surface area contributed by atoms with Gasteiger partial charge in [-0.05, 0) is 24.0 Å². The van der Waals surface area contributed by atoms with Crippen LogP contribution in [0, 0.1) is 11.8 Å². The first-order valence-corrected chi connectivity index (χ1v) is 6.54. The summed E-state index contributed by atoms with van der Waals surface area (Å²) >= 11 is 0. The third-order valence-electron chi connectivity index (χ3n) is 3.75. The first-order valence-electron chi connectivity index (χ1n) is 6.54. The Morgan fingerprint density at radius 3 is 2.58 bits per heavy atom. The van der Waals surface area contributed by atoms with E-state index in [0.29, 0.717) is 17.9 Å². The number of hydrogen-bond donors (Lipinski definition) is 1. The fraction of sp³-hybridized carbons (Fsp3) is 0.643. The molecule has 2 rings (SSSR count). The highest BCUT2D eigenvalue weighted by Gasteiger charge is 2.31. The van der Waals surface area contributed by atoms with Gasteiger partial charge in [-0.3, -0.25) is 4.98 Å². The molecule has 0 unspecified atom stereocenters. The zero-order valence-corrected chi connectivity index (χ0v) is 13.3. The Kier molecular flexibility index (Phi) is 8.59. The van der Waals surface area contributed by atoms with E-state index >= 15 is 0 Å². The quantitative estimate of drug-likeness (QED) is 0.929. The van der Waals surface area contributed by atoms with Crippen molar-refractivity contribution in [3.05, 3.63) is 30.1 Å². The molecule has 0 aromatic carbocycles. The van der Waals surface area contributed by atoms with E-state index in [1.165, 1.54) is 5.69 Å². The van der Waals surface area contributed by atoms with Gasteiger partial charge in [0, 0.05) is 44.0 Å². The highest BCUT2D eigenvalue weighted by atomic mass is 35.5. The van der Waals surface area contributed by atoms with E-state index in [1.807, 2.05) is 12.3 Å². The Bertz CT molecular complexity index is 346. The second-order valence-corrected chi connectivity index (χ2v) is 5.40. The zero-order chi connectivity index (χ0) is 12.3. The summed E-state index contributed by atoms with van der Waals surface area (Å²) in [5, 5.41) is 0. The Balaban J connectivity index is 0.00000162. The average molecular weight is 306 g/mol. The molecule has 0 bridgehead atoms. The van der Waals surface area contributed by atoms with E-state index in [0.717, 1.165) is 26.1 Å². The summed E-state index contributed by atoms with van der Waals surface area (Å²) in [6.45, 7) is 7.80. The fourth-order valence-electron chi connectivity index (χ4n) is 2.65. The minimum atomic E-state index is 0. The van der Waals surface area contributed by atoms with Crippen LogP contribution in [0.3, 0.4) is 0 Å². The van der Waals surface area contributed by atoms with Crippen molar-refractivity contribution in [3.63, 3.8) is 0 Å². The lowest BCUT2D eigenvalue weighted by Gasteiger charge is -2.18. The van der Waals surface area contributed by atoms with E-state index in [-0.39, 0.29) is 24.8 Å². The van der Waals surface area contributed by atoms with Crippen molar-refractivity contribution in [2.75, 3.05) is 19.6 Å². The molecule has 0 amide bonds. The first-order chi connectivity index (χ1) is 8.16. The van der Waals surface area contributed by atoms with Crippen LogP contribution in [0.25, 0.3) is 0 Å². The van der Waals surface area contributed by atoms with Gasteiger partial charge in [0.15, 0.2) is 0 Å². The molecule has 19 heavy (non-hydrogen) atoms. The van der Waals surface area contributed by atoms with Gasteiger partial charge >= 0.3 is 0 Å². The van der Waals surface area contributed by atoms with E-state index in [1.54, 1.807) is 0 Å². The number of nitrogens with zero attached hydrogens (tertiary/aromatic N) is 2. The van der Waals surface area contributed by atoms with Crippen LogP contribution in [0.2, 0.25) is 0 Å². The maximum Gasteiger partial charge on any atom is 0.0416 e. The maximum atomic E-state index is 6.18. The number of aromatic nitrogens is 1. The van der Waals surface area contributed by atoms with Crippen LogP contribution >= 0.6 is 24.8 Å². The molecule has 0 spiro atoms. The predicted molar refractivity (Wildman–Crippen MR) is 85.2 cm³/mol. The summed E-state index contributed by atoms with van der Waals surface area (Å²) in [5.74, 6) is 1.34. The van der Waals surface area contributed by atoms with E-state index in [2.05, 4.69) is 35.9 Å². The minimum absolute atomic E-state index is 0. The molecule has 1 aromatic heterocycles. The molecular formula is C14H25Cl2N3. The highest BCUT2D eigenvalue weighted by molar-refractivity contribution is 5.85. The topological polar surface area (TPSA) is 42.2 Å². The smallest absolute Gasteiger partial charge is 0.0416 e. The zero-order valence-electron chi connectivity index (χ0n) is 11.7. The Morgan fingerprint density at radius 1 is 1.32 bits per heavy atom. The minimum Gasteiger partial charge on any atom is -0.326 e. The number of halogens is 2. The van der Waals surface area contributed by atoms with Crippen molar-refractivity contribution in [3.8, 4) is 0 Å². The van der Waals surface area contributed by atoms with Crippen LogP contribution in [0.4, 0.5) is 0 Å². The second-order valence-electron chi connectivity index (χ2n) is 5.40.